The van der Waals surface area contributed by atoms with Crippen molar-refractivity contribution in [3.8, 4) is 17.6 Å². The number of nitrogens with one attached hydrogen (secondary N) is 2. The van der Waals surface area contributed by atoms with E-state index in [0.717, 1.165) is 0 Å². The number of methoxy groups -OCH3 is 3. The summed E-state index contributed by atoms with van der Waals surface area (Å²) < 4.78 is 62.4. The summed E-state index contributed by atoms with van der Waals surface area (Å²) in [6.45, 7) is 13.3. The van der Waals surface area contributed by atoms with E-state index >= 15 is 9.36 Å². The van der Waals surface area contributed by atoms with Crippen LogP contribution in [0.1, 0.15) is 84.5 Å². The van der Waals surface area contributed by atoms with E-state index < -0.39 is 96.9 Å². The van der Waals surface area contributed by atoms with Crippen LogP contribution in [-0.2, 0) is 48.0 Å². The SMILES string of the molecule is COCCOC1C(OP(=O)(CC(=O)OC(C)(C)CC#N)N(C(C)C)C(C)C)C(COC(c2ccccc2)(c2ccc(OC)cc2)c2ccc(OC)cc2)C(=O)C1n1cnc2c(=O)[nH]c(NC(=O)C(C)C)nc21. The number of ether oxygens (including phenoxy) is 6. The Kier molecular flexibility index (Phi) is 18.0. The van der Waals surface area contributed by atoms with Gasteiger partial charge >= 0.3 is 5.97 Å². The summed E-state index contributed by atoms with van der Waals surface area (Å²) in [5.41, 5.74) is -1.57. The molecule has 72 heavy (non-hydrogen) atoms. The second kappa shape index (κ2) is 23.5. The zero-order chi connectivity index (χ0) is 52.5. The lowest BCUT2D eigenvalue weighted by molar-refractivity contribution is -0.153. The van der Waals surface area contributed by atoms with Crippen LogP contribution in [-0.4, -0.2) is 119 Å². The predicted molar refractivity (Wildman–Crippen MR) is 269 cm³/mol. The van der Waals surface area contributed by atoms with Gasteiger partial charge in [-0.25, -0.2) is 9.65 Å². The smallest absolute Gasteiger partial charge is 0.317 e. The van der Waals surface area contributed by atoms with E-state index in [2.05, 4.69) is 20.3 Å². The summed E-state index contributed by atoms with van der Waals surface area (Å²) in [5.74, 6) is -2.65. The number of rotatable bonds is 24. The van der Waals surface area contributed by atoms with Gasteiger partial charge in [-0.2, -0.15) is 10.2 Å². The molecule has 19 nitrogen and oxygen atoms in total. The van der Waals surface area contributed by atoms with E-state index in [0.29, 0.717) is 28.2 Å². The third kappa shape index (κ3) is 12.0. The molecule has 1 saturated carbocycles. The van der Waals surface area contributed by atoms with Gasteiger partial charge in [0.25, 0.3) is 13.1 Å². The molecule has 0 bridgehead atoms. The molecule has 2 heterocycles. The lowest BCUT2D eigenvalue weighted by Crippen LogP contribution is -2.43. The maximum absolute atomic E-state index is 16.1. The first-order valence-corrected chi connectivity index (χ1v) is 25.6. The molecule has 1 aliphatic rings. The first-order valence-electron chi connectivity index (χ1n) is 23.8. The molecule has 5 atom stereocenters. The number of imidazole rings is 1. The molecular weight excluding hydrogens is 946 g/mol. The number of carbonyl (C=O) groups excluding carboxylic acids is 3. The van der Waals surface area contributed by atoms with Crippen LogP contribution in [0.3, 0.4) is 0 Å². The Labute approximate surface area is 420 Å². The maximum atomic E-state index is 16.1. The predicted octanol–water partition coefficient (Wildman–Crippen LogP) is 7.44. The van der Waals surface area contributed by atoms with Crippen LogP contribution < -0.4 is 20.3 Å². The minimum Gasteiger partial charge on any atom is -0.497 e. The summed E-state index contributed by atoms with van der Waals surface area (Å²) >= 11 is 0. The number of Topliss-reactive ketones (excluding diaryl/α,β-unsaturated/α-hetero) is 1. The Hall–Kier alpha value is -6.26. The highest BCUT2D eigenvalue weighted by atomic mass is 31.2. The fourth-order valence-corrected chi connectivity index (χ4v) is 11.9. The van der Waals surface area contributed by atoms with E-state index in [4.69, 9.17) is 32.9 Å². The number of ketones is 1. The monoisotopic (exact) mass is 1010 g/mol. The molecule has 1 fully saturated rings. The Morgan fingerprint density at radius 3 is 1.97 bits per heavy atom. The lowest BCUT2D eigenvalue weighted by Gasteiger charge is -2.40. The molecule has 6 rings (SSSR count). The third-order valence-corrected chi connectivity index (χ3v) is 15.2. The van der Waals surface area contributed by atoms with E-state index in [1.54, 1.807) is 70.9 Å². The second-order valence-corrected chi connectivity index (χ2v) is 21.2. The van der Waals surface area contributed by atoms with E-state index in [-0.39, 0.29) is 36.7 Å². The van der Waals surface area contributed by atoms with Gasteiger partial charge in [0.05, 0.1) is 58.8 Å². The number of hydrogen-bond acceptors (Lipinski definition) is 15. The van der Waals surface area contributed by atoms with Gasteiger partial charge < -0.3 is 37.5 Å². The molecule has 386 valence electrons. The highest BCUT2D eigenvalue weighted by molar-refractivity contribution is 7.57. The van der Waals surface area contributed by atoms with Crippen molar-refractivity contribution in [2.24, 2.45) is 11.8 Å². The highest BCUT2D eigenvalue weighted by Crippen LogP contribution is 2.58. The number of fused-ring (bicyclic) bond motifs is 1. The number of H-pyrrole nitrogens is 1. The number of benzene rings is 3. The third-order valence-electron chi connectivity index (χ3n) is 12.4. The zero-order valence-corrected chi connectivity index (χ0v) is 43.6. The molecule has 2 N–H and O–H groups in total. The molecule has 1 aliphatic carbocycles. The molecule has 1 amide bonds. The molecule has 0 saturated heterocycles. The van der Waals surface area contributed by atoms with Crippen molar-refractivity contribution in [1.82, 2.24) is 24.2 Å². The standard InChI is InChI=1S/C52H66N7O12P/c1-32(2)48(62)56-50-55-47-42(49(63)57-50)54-31-58(47)43-44(61)40(29-69-52(35-15-13-12-14-16-35,36-17-21-38(66-10)22-18-36)37-19-23-39(67-11)24-20-37)45(46(43)68-28-27-65-9)71-72(64,59(33(3)4)34(5)6)30-41(60)70-51(7,8)25-26-53/h12-24,31-34,40,43,45-46H,25,27-30H2,1-11H3,(H2,55,56,57,62,63). The van der Waals surface area contributed by atoms with Gasteiger partial charge in [0.2, 0.25) is 11.9 Å². The molecule has 0 radical (unpaired) electrons. The summed E-state index contributed by atoms with van der Waals surface area (Å²) in [6.07, 6.45) is -2.41. The Morgan fingerprint density at radius 2 is 1.44 bits per heavy atom. The van der Waals surface area contributed by atoms with Crippen LogP contribution in [0.25, 0.3) is 11.2 Å². The van der Waals surface area contributed by atoms with Crippen molar-refractivity contribution in [2.75, 3.05) is 52.6 Å². The molecular formula is C52H66N7O12P. The van der Waals surface area contributed by atoms with Crippen molar-refractivity contribution in [3.63, 3.8) is 0 Å². The number of esters is 1. The van der Waals surface area contributed by atoms with Crippen molar-refractivity contribution < 1.29 is 51.9 Å². The fraction of sp³-hybridized carbons (Fsp3) is 0.481. The molecule has 20 heteroatoms. The topological polar surface area (TPSA) is 236 Å². The first-order chi connectivity index (χ1) is 34.2. The van der Waals surface area contributed by atoms with Crippen molar-refractivity contribution in [2.45, 2.75) is 103 Å². The second-order valence-electron chi connectivity index (χ2n) is 19.0. The largest absolute Gasteiger partial charge is 0.497 e. The van der Waals surface area contributed by atoms with Crippen molar-refractivity contribution in [3.05, 3.63) is 112 Å². The summed E-state index contributed by atoms with van der Waals surface area (Å²) in [7, 11) is 0.157. The Bertz CT molecular complexity index is 2750. The zero-order valence-electron chi connectivity index (χ0n) is 42.7. The Balaban J connectivity index is 1.61. The van der Waals surface area contributed by atoms with Gasteiger partial charge in [-0.3, -0.25) is 34.0 Å². The van der Waals surface area contributed by atoms with E-state index in [1.807, 2.05) is 88.4 Å². The van der Waals surface area contributed by atoms with Crippen molar-refractivity contribution >= 4 is 42.3 Å². The van der Waals surface area contributed by atoms with Crippen molar-refractivity contribution in [1.29, 1.82) is 5.26 Å². The van der Waals surface area contributed by atoms with Crippen LogP contribution in [0.5, 0.6) is 11.5 Å². The van der Waals surface area contributed by atoms with Gasteiger partial charge in [0, 0.05) is 25.1 Å². The fourth-order valence-electron chi connectivity index (χ4n) is 9.14. The lowest BCUT2D eigenvalue weighted by atomic mass is 9.79. The van der Waals surface area contributed by atoms with Gasteiger partial charge in [-0.1, -0.05) is 68.4 Å². The van der Waals surface area contributed by atoms with E-state index in [1.165, 1.54) is 18.0 Å². The number of aromatic amines is 1. The van der Waals surface area contributed by atoms with Crippen LogP contribution in [0.4, 0.5) is 5.95 Å². The minimum atomic E-state index is -4.46. The molecule has 0 aliphatic heterocycles. The Morgan fingerprint density at radius 1 is 0.861 bits per heavy atom. The summed E-state index contributed by atoms with van der Waals surface area (Å²) in [4.78, 5) is 67.9. The van der Waals surface area contributed by atoms with Gasteiger partial charge in [-0.15, -0.1) is 0 Å². The highest BCUT2D eigenvalue weighted by Gasteiger charge is 2.57. The number of aromatic nitrogens is 4. The number of carbonyl (C=O) groups is 3. The molecule has 5 aromatic rings. The average Bonchev–Trinajstić information content (AvgIpc) is 3.86. The quantitative estimate of drug-likeness (QED) is 0.0264. The molecule has 5 unspecified atom stereocenters. The van der Waals surface area contributed by atoms with Gasteiger partial charge in [0.1, 0.15) is 47.1 Å². The number of nitriles is 1. The molecule has 2 aromatic heterocycles. The van der Waals surface area contributed by atoms with Crippen LogP contribution >= 0.6 is 7.52 Å². The molecule has 3 aromatic carbocycles. The maximum Gasteiger partial charge on any atom is 0.317 e. The first kappa shape index (κ1) is 55.1. The number of amides is 1. The van der Waals surface area contributed by atoms with E-state index in [9.17, 15) is 19.6 Å². The summed E-state index contributed by atoms with van der Waals surface area (Å²) in [6, 6.07) is 23.8. The van der Waals surface area contributed by atoms with Crippen LogP contribution in [0, 0.1) is 23.2 Å². The number of hydrogen-bond donors (Lipinski definition) is 2. The van der Waals surface area contributed by atoms with Gasteiger partial charge in [0.15, 0.2) is 16.9 Å². The number of anilines is 1. The number of nitrogens with zero attached hydrogens (tertiary/aromatic N) is 5. The minimum absolute atomic E-state index is 0.0629. The molecule has 0 spiro atoms. The summed E-state index contributed by atoms with van der Waals surface area (Å²) in [5, 5.41) is 12.1. The van der Waals surface area contributed by atoms with Crippen LogP contribution in [0.15, 0.2) is 90.0 Å². The van der Waals surface area contributed by atoms with Crippen LogP contribution in [0.2, 0.25) is 0 Å². The average molecular weight is 1010 g/mol. The van der Waals surface area contributed by atoms with Gasteiger partial charge in [-0.05, 0) is 82.5 Å². The normalized spacial score (nSPS) is 18.2.